The van der Waals surface area contributed by atoms with Gasteiger partial charge < -0.3 is 24.6 Å². The third-order valence-corrected chi connectivity index (χ3v) is 12.0. The Hall–Kier alpha value is -4.88. The number of alkyl halides is 3. The van der Waals surface area contributed by atoms with Gasteiger partial charge in [-0.15, -0.1) is 0 Å². The molecule has 2 aromatic carbocycles. The largest absolute Gasteiger partial charge is 0.481 e. The van der Waals surface area contributed by atoms with E-state index in [2.05, 4.69) is 15.2 Å². The minimum Gasteiger partial charge on any atom is -0.481 e. The lowest BCUT2D eigenvalue weighted by atomic mass is 9.79. The van der Waals surface area contributed by atoms with Crippen molar-refractivity contribution in [2.45, 2.75) is 63.8 Å². The molecule has 1 spiro atoms. The van der Waals surface area contributed by atoms with Crippen LogP contribution in [0.2, 0.25) is 5.02 Å². The van der Waals surface area contributed by atoms with Crippen LogP contribution in [0.1, 0.15) is 66.0 Å². The van der Waals surface area contributed by atoms with Crippen LogP contribution in [0.15, 0.2) is 54.6 Å². The summed E-state index contributed by atoms with van der Waals surface area (Å²) >= 11 is 7.14. The van der Waals surface area contributed by atoms with Gasteiger partial charge in [0.25, 0.3) is 0 Å². The Kier molecular flexibility index (Phi) is 9.44. The zero-order chi connectivity index (χ0) is 38.7. The van der Waals surface area contributed by atoms with Crippen molar-refractivity contribution >= 4 is 23.5 Å². The van der Waals surface area contributed by atoms with E-state index in [1.165, 1.54) is 7.11 Å². The molecule has 0 unspecified atom stereocenters. The Morgan fingerprint density at radius 2 is 1.69 bits per heavy atom. The van der Waals surface area contributed by atoms with Crippen LogP contribution in [0.25, 0.3) is 22.4 Å². The molecule has 3 fully saturated rings. The Bertz CT molecular complexity index is 2190. The van der Waals surface area contributed by atoms with Crippen LogP contribution in [0.5, 0.6) is 17.6 Å². The van der Waals surface area contributed by atoms with Crippen molar-refractivity contribution in [3.8, 4) is 40.0 Å². The monoisotopic (exact) mass is 776 g/mol. The number of aromatic nitrogens is 2. The highest BCUT2D eigenvalue weighted by Gasteiger charge is 2.50. The number of halogens is 4. The van der Waals surface area contributed by atoms with E-state index in [0.717, 1.165) is 47.0 Å². The molecule has 4 heterocycles. The Morgan fingerprint density at radius 3 is 2.36 bits per heavy atom. The lowest BCUT2D eigenvalue weighted by molar-refractivity contribution is -0.143. The highest BCUT2D eigenvalue weighted by atomic mass is 35.5. The Balaban J connectivity index is 1.04. The molecule has 0 bridgehead atoms. The summed E-state index contributed by atoms with van der Waals surface area (Å²) < 4.78 is 60.6. The molecule has 8 rings (SSSR count). The zero-order valence-electron chi connectivity index (χ0n) is 30.4. The standard InChI is InChI=1S/C41H40ClF3N4O6/c1-53-35-23(13-14-40(15-16-40)38(51)52)17-30(41(43,44)45)37(48-35)55-32-12-10-26-25(5-3-6-27(26)32)28-7-4-8-29(34(28)42)31-11-9-24(36(47-31)54-2)19-49-21-39(22-49)18-33(50)46-20-39/h3-9,11,17,32H,10,12-16,18-22H2,1-2H3,(H,46,50)(H,51,52)/t32-/m0/s1. The van der Waals surface area contributed by atoms with Crippen LogP contribution in [0.4, 0.5) is 13.2 Å². The van der Waals surface area contributed by atoms with E-state index in [9.17, 15) is 27.9 Å². The minimum absolute atomic E-state index is 0.0165. The number of amides is 1. The van der Waals surface area contributed by atoms with Gasteiger partial charge >= 0.3 is 12.1 Å². The molecule has 288 valence electrons. The van der Waals surface area contributed by atoms with E-state index in [-0.39, 0.29) is 35.6 Å². The van der Waals surface area contributed by atoms with Gasteiger partial charge in [0.1, 0.15) is 11.7 Å². The van der Waals surface area contributed by atoms with Gasteiger partial charge in [0.15, 0.2) is 0 Å². The maximum Gasteiger partial charge on any atom is 0.421 e. The zero-order valence-corrected chi connectivity index (χ0v) is 31.1. The molecule has 2 aromatic heterocycles. The molecule has 4 aliphatic rings. The van der Waals surface area contributed by atoms with Gasteiger partial charge in [0.05, 0.1) is 30.4 Å². The number of hydrogen-bond donors (Lipinski definition) is 2. The van der Waals surface area contributed by atoms with Crippen molar-refractivity contribution in [1.82, 2.24) is 20.2 Å². The van der Waals surface area contributed by atoms with Gasteiger partial charge in [0.2, 0.25) is 23.5 Å². The quantitative estimate of drug-likeness (QED) is 0.149. The van der Waals surface area contributed by atoms with E-state index in [0.29, 0.717) is 67.4 Å². The van der Waals surface area contributed by atoms with E-state index in [4.69, 9.17) is 30.8 Å². The number of benzene rings is 2. The molecule has 14 heteroatoms. The summed E-state index contributed by atoms with van der Waals surface area (Å²) in [6, 6.07) is 16.2. The SMILES string of the molecule is COc1nc(-c2cccc(-c3cccc4c3CC[C@@H]4Oc3nc(OC)c(CCC4(C(=O)O)CC4)cc3C(F)(F)F)c2Cl)ccc1CN1CC2(CNC(=O)C2)C1. The lowest BCUT2D eigenvalue weighted by Crippen LogP contribution is -2.56. The van der Waals surface area contributed by atoms with E-state index in [1.54, 1.807) is 7.11 Å². The van der Waals surface area contributed by atoms with Crippen molar-refractivity contribution in [1.29, 1.82) is 0 Å². The van der Waals surface area contributed by atoms with Crippen LogP contribution < -0.4 is 19.5 Å². The van der Waals surface area contributed by atoms with Crippen LogP contribution >= 0.6 is 11.6 Å². The number of likely N-dealkylation sites (tertiary alicyclic amines) is 1. The number of ether oxygens (including phenoxy) is 3. The number of nitrogens with one attached hydrogen (secondary N) is 1. The number of rotatable bonds is 12. The molecule has 1 atom stereocenters. The molecule has 55 heavy (non-hydrogen) atoms. The highest BCUT2D eigenvalue weighted by molar-refractivity contribution is 6.36. The lowest BCUT2D eigenvalue weighted by Gasteiger charge is -2.47. The van der Waals surface area contributed by atoms with Gasteiger partial charge in [-0.2, -0.15) is 18.2 Å². The second-order valence-corrected chi connectivity index (χ2v) is 15.6. The van der Waals surface area contributed by atoms with E-state index >= 15 is 0 Å². The first-order chi connectivity index (χ1) is 26.3. The molecular weight excluding hydrogens is 737 g/mol. The maximum atomic E-state index is 14.5. The first kappa shape index (κ1) is 37.1. The third kappa shape index (κ3) is 6.97. The van der Waals surface area contributed by atoms with E-state index < -0.39 is 35.1 Å². The summed E-state index contributed by atoms with van der Waals surface area (Å²) in [5.41, 5.74) is 3.77. The predicted molar refractivity (Wildman–Crippen MR) is 197 cm³/mol. The molecule has 2 aliphatic heterocycles. The van der Waals surface area contributed by atoms with Crippen molar-refractivity contribution in [3.63, 3.8) is 0 Å². The third-order valence-electron chi connectivity index (χ3n) is 11.6. The number of carbonyl (C=O) groups is 2. The van der Waals surface area contributed by atoms with Gasteiger partial charge in [-0.1, -0.05) is 54.1 Å². The van der Waals surface area contributed by atoms with Crippen LogP contribution in [-0.2, 0) is 35.2 Å². The fourth-order valence-corrected chi connectivity index (χ4v) is 8.80. The Labute approximate surface area is 321 Å². The topological polar surface area (TPSA) is 123 Å². The van der Waals surface area contributed by atoms with Gasteiger partial charge in [-0.05, 0) is 67.3 Å². The highest BCUT2D eigenvalue weighted by Crippen LogP contribution is 2.51. The molecule has 4 aromatic rings. The predicted octanol–water partition coefficient (Wildman–Crippen LogP) is 7.69. The van der Waals surface area contributed by atoms with Crippen molar-refractivity contribution in [3.05, 3.63) is 87.4 Å². The number of fused-ring (bicyclic) bond motifs is 1. The molecule has 10 nitrogen and oxygen atoms in total. The molecular formula is C41H40ClF3N4O6. The Morgan fingerprint density at radius 1 is 0.982 bits per heavy atom. The van der Waals surface area contributed by atoms with E-state index in [1.807, 2.05) is 48.5 Å². The minimum atomic E-state index is -4.77. The number of carboxylic acids is 1. The number of aliphatic carboxylic acids is 1. The normalized spacial score (nSPS) is 19.5. The molecule has 2 saturated heterocycles. The fraction of sp³-hybridized carbons (Fsp3) is 0.415. The van der Waals surface area contributed by atoms with Gasteiger partial charge in [-0.25, -0.2) is 4.98 Å². The fourth-order valence-electron chi connectivity index (χ4n) is 8.48. The molecule has 1 amide bonds. The number of nitrogens with zero attached hydrogens (tertiary/aromatic N) is 3. The van der Waals surface area contributed by atoms with Crippen LogP contribution in [0, 0.1) is 10.8 Å². The maximum absolute atomic E-state index is 14.5. The summed E-state index contributed by atoms with van der Waals surface area (Å²) in [7, 11) is 2.91. The second kappa shape index (κ2) is 14.0. The average Bonchev–Trinajstić information content (AvgIpc) is 3.70. The molecule has 2 N–H and O–H groups in total. The number of carboxylic acid groups (broad SMARTS) is 1. The summed E-state index contributed by atoms with van der Waals surface area (Å²) in [4.78, 5) is 34.8. The summed E-state index contributed by atoms with van der Waals surface area (Å²) in [6.07, 6.45) is -2.72. The van der Waals surface area contributed by atoms with Crippen LogP contribution in [0.3, 0.4) is 0 Å². The second-order valence-electron chi connectivity index (χ2n) is 15.2. The number of methoxy groups -OCH3 is 2. The first-order valence-corrected chi connectivity index (χ1v) is 18.7. The van der Waals surface area contributed by atoms with Crippen molar-refractivity contribution in [2.24, 2.45) is 10.8 Å². The summed E-state index contributed by atoms with van der Waals surface area (Å²) in [5, 5.41) is 13.0. The average molecular weight is 777 g/mol. The van der Waals surface area contributed by atoms with Crippen molar-refractivity contribution in [2.75, 3.05) is 33.9 Å². The molecule has 2 aliphatic carbocycles. The number of pyridine rings is 2. The van der Waals surface area contributed by atoms with Crippen LogP contribution in [-0.4, -0.2) is 65.7 Å². The summed E-state index contributed by atoms with van der Waals surface area (Å²) in [6.45, 7) is 3.01. The smallest absolute Gasteiger partial charge is 0.421 e. The first-order valence-electron chi connectivity index (χ1n) is 18.3. The van der Waals surface area contributed by atoms with Crippen molar-refractivity contribution < 1.29 is 42.1 Å². The number of carbonyl (C=O) groups excluding carboxylic acids is 1. The number of aryl methyl sites for hydroxylation is 1. The molecule has 1 saturated carbocycles. The summed E-state index contributed by atoms with van der Waals surface area (Å²) in [5.74, 6) is -0.952. The number of hydrogen-bond acceptors (Lipinski definition) is 8. The van der Waals surface area contributed by atoms with Gasteiger partial charge in [-0.3, -0.25) is 14.5 Å². The van der Waals surface area contributed by atoms with Gasteiger partial charge in [0, 0.05) is 60.3 Å². The molecule has 0 radical (unpaired) electrons.